The number of carbonyl (C=O) groups excluding carboxylic acids is 1. The molecule has 0 spiro atoms. The molecule has 0 radical (unpaired) electrons. The summed E-state index contributed by atoms with van der Waals surface area (Å²) in [5.41, 5.74) is 4.31. The standard InChI is InChI=1S/C21H19N5O2/c1-28-21-25-18-11-16(17-12-22-14-23-13-17)7-8-19(18)26(21)20(27)24-10-9-15-5-3-2-4-6-15/h2-8,11-14H,9-10H2,1H3,(H,24,27). The van der Waals surface area contributed by atoms with Crippen LogP contribution in [0.4, 0.5) is 4.79 Å². The second kappa shape index (κ2) is 7.87. The largest absolute Gasteiger partial charge is 0.468 e. The molecule has 2 aromatic heterocycles. The molecule has 0 saturated heterocycles. The molecule has 0 saturated carbocycles. The van der Waals surface area contributed by atoms with Gasteiger partial charge in [0.2, 0.25) is 0 Å². The Hall–Kier alpha value is -3.74. The molecule has 1 amide bonds. The third-order valence-electron chi connectivity index (χ3n) is 4.44. The van der Waals surface area contributed by atoms with Gasteiger partial charge in [0.05, 0.1) is 18.1 Å². The second-order valence-electron chi connectivity index (χ2n) is 6.23. The van der Waals surface area contributed by atoms with Crippen LogP contribution in [0.25, 0.3) is 22.2 Å². The summed E-state index contributed by atoms with van der Waals surface area (Å²) in [5.74, 6) is 0. The van der Waals surface area contributed by atoms with Gasteiger partial charge in [0.1, 0.15) is 6.33 Å². The van der Waals surface area contributed by atoms with Gasteiger partial charge in [-0.1, -0.05) is 36.4 Å². The Morgan fingerprint density at radius 3 is 2.61 bits per heavy atom. The number of nitrogens with one attached hydrogen (secondary N) is 1. The first-order chi connectivity index (χ1) is 13.8. The lowest BCUT2D eigenvalue weighted by molar-refractivity contribution is 0.239. The molecule has 2 aromatic carbocycles. The van der Waals surface area contributed by atoms with E-state index in [4.69, 9.17) is 4.74 Å². The van der Waals surface area contributed by atoms with Crippen LogP contribution >= 0.6 is 0 Å². The molecule has 0 aliphatic rings. The zero-order valence-electron chi connectivity index (χ0n) is 15.4. The molecule has 140 valence electrons. The number of hydrogen-bond acceptors (Lipinski definition) is 5. The lowest BCUT2D eigenvalue weighted by Gasteiger charge is -2.09. The first-order valence-corrected chi connectivity index (χ1v) is 8.90. The number of ether oxygens (including phenoxy) is 1. The van der Waals surface area contributed by atoms with Gasteiger partial charge in [-0.15, -0.1) is 0 Å². The summed E-state index contributed by atoms with van der Waals surface area (Å²) in [7, 11) is 1.50. The maximum atomic E-state index is 12.8. The zero-order chi connectivity index (χ0) is 19.3. The van der Waals surface area contributed by atoms with Gasteiger partial charge in [-0.05, 0) is 29.7 Å². The van der Waals surface area contributed by atoms with E-state index in [2.05, 4.69) is 20.3 Å². The van der Waals surface area contributed by atoms with Crippen molar-refractivity contribution in [3.63, 3.8) is 0 Å². The molecule has 0 fully saturated rings. The smallest absolute Gasteiger partial charge is 0.330 e. The Kier molecular flexibility index (Phi) is 4.97. The van der Waals surface area contributed by atoms with Crippen LogP contribution in [0.2, 0.25) is 0 Å². The van der Waals surface area contributed by atoms with E-state index in [9.17, 15) is 4.79 Å². The van der Waals surface area contributed by atoms with Crippen LogP contribution < -0.4 is 10.1 Å². The van der Waals surface area contributed by atoms with E-state index < -0.39 is 0 Å². The number of methoxy groups -OCH3 is 1. The molecule has 28 heavy (non-hydrogen) atoms. The highest BCUT2D eigenvalue weighted by Gasteiger charge is 2.18. The van der Waals surface area contributed by atoms with Crippen molar-refractivity contribution in [3.05, 3.63) is 72.8 Å². The molecule has 4 aromatic rings. The SMILES string of the molecule is COc1nc2cc(-c3cncnc3)ccc2n1C(=O)NCCc1ccccc1. The van der Waals surface area contributed by atoms with Crippen molar-refractivity contribution in [2.75, 3.05) is 13.7 Å². The summed E-state index contributed by atoms with van der Waals surface area (Å²) < 4.78 is 6.78. The van der Waals surface area contributed by atoms with Gasteiger partial charge in [-0.25, -0.2) is 19.3 Å². The van der Waals surface area contributed by atoms with Gasteiger partial charge in [0, 0.05) is 24.5 Å². The van der Waals surface area contributed by atoms with Crippen LogP contribution in [0.5, 0.6) is 6.01 Å². The normalized spacial score (nSPS) is 10.8. The number of imidazole rings is 1. The summed E-state index contributed by atoms with van der Waals surface area (Å²) in [4.78, 5) is 25.3. The van der Waals surface area contributed by atoms with Crippen LogP contribution in [-0.4, -0.2) is 39.2 Å². The molecular formula is C21H19N5O2. The Morgan fingerprint density at radius 2 is 1.86 bits per heavy atom. The summed E-state index contributed by atoms with van der Waals surface area (Å²) in [6, 6.07) is 15.6. The highest BCUT2D eigenvalue weighted by Crippen LogP contribution is 2.26. The van der Waals surface area contributed by atoms with Crippen LogP contribution in [0, 0.1) is 0 Å². The number of fused-ring (bicyclic) bond motifs is 1. The van der Waals surface area contributed by atoms with Crippen molar-refractivity contribution in [2.24, 2.45) is 0 Å². The molecule has 0 unspecified atom stereocenters. The van der Waals surface area contributed by atoms with E-state index in [1.165, 1.54) is 23.6 Å². The van der Waals surface area contributed by atoms with Gasteiger partial charge < -0.3 is 10.1 Å². The lowest BCUT2D eigenvalue weighted by atomic mass is 10.1. The highest BCUT2D eigenvalue weighted by molar-refractivity contribution is 5.92. The minimum atomic E-state index is -0.272. The quantitative estimate of drug-likeness (QED) is 0.580. The van der Waals surface area contributed by atoms with Gasteiger partial charge in [0.15, 0.2) is 0 Å². The second-order valence-corrected chi connectivity index (χ2v) is 6.23. The lowest BCUT2D eigenvalue weighted by Crippen LogP contribution is -2.30. The van der Waals surface area contributed by atoms with Gasteiger partial charge in [-0.2, -0.15) is 4.98 Å². The first kappa shape index (κ1) is 17.7. The van der Waals surface area contributed by atoms with E-state index in [-0.39, 0.29) is 12.0 Å². The number of aromatic nitrogens is 4. The number of amides is 1. The summed E-state index contributed by atoms with van der Waals surface area (Å²) in [5, 5.41) is 2.93. The zero-order valence-corrected chi connectivity index (χ0v) is 15.4. The number of benzene rings is 2. The fraction of sp³-hybridized carbons (Fsp3) is 0.143. The Labute approximate surface area is 162 Å². The van der Waals surface area contributed by atoms with E-state index in [0.29, 0.717) is 17.6 Å². The van der Waals surface area contributed by atoms with E-state index >= 15 is 0 Å². The molecule has 7 nitrogen and oxygen atoms in total. The molecule has 0 aliphatic carbocycles. The maximum absolute atomic E-state index is 12.8. The van der Waals surface area contributed by atoms with Crippen LogP contribution in [0.3, 0.4) is 0 Å². The van der Waals surface area contributed by atoms with Gasteiger partial charge in [-0.3, -0.25) is 0 Å². The Bertz CT molecular complexity index is 1090. The van der Waals surface area contributed by atoms with Gasteiger partial charge in [0.25, 0.3) is 0 Å². The Balaban J connectivity index is 1.58. The van der Waals surface area contributed by atoms with Crippen molar-refractivity contribution >= 4 is 17.1 Å². The van der Waals surface area contributed by atoms with Crippen LogP contribution in [0.15, 0.2) is 67.3 Å². The molecule has 7 heteroatoms. The number of rotatable bonds is 5. The predicted molar refractivity (Wildman–Crippen MR) is 106 cm³/mol. The van der Waals surface area contributed by atoms with Crippen molar-refractivity contribution in [2.45, 2.75) is 6.42 Å². The molecule has 2 heterocycles. The maximum Gasteiger partial charge on any atom is 0.330 e. The molecule has 0 atom stereocenters. The van der Waals surface area contributed by atoms with E-state index in [0.717, 1.165) is 17.5 Å². The fourth-order valence-corrected chi connectivity index (χ4v) is 3.06. The molecule has 4 rings (SSSR count). The third kappa shape index (κ3) is 3.55. The topological polar surface area (TPSA) is 81.9 Å². The molecule has 0 bridgehead atoms. The van der Waals surface area contributed by atoms with Crippen LogP contribution in [0.1, 0.15) is 5.56 Å². The third-order valence-corrected chi connectivity index (χ3v) is 4.44. The monoisotopic (exact) mass is 373 g/mol. The number of nitrogens with zero attached hydrogens (tertiary/aromatic N) is 4. The average Bonchev–Trinajstić information content (AvgIpc) is 3.13. The molecule has 1 N–H and O–H groups in total. The van der Waals surface area contributed by atoms with Crippen molar-refractivity contribution in [3.8, 4) is 17.1 Å². The van der Waals surface area contributed by atoms with Crippen molar-refractivity contribution < 1.29 is 9.53 Å². The van der Waals surface area contributed by atoms with Crippen LogP contribution in [-0.2, 0) is 6.42 Å². The Morgan fingerprint density at radius 1 is 1.07 bits per heavy atom. The first-order valence-electron chi connectivity index (χ1n) is 8.90. The number of hydrogen-bond donors (Lipinski definition) is 1. The summed E-state index contributed by atoms with van der Waals surface area (Å²) in [6.45, 7) is 0.519. The minimum absolute atomic E-state index is 0.244. The highest BCUT2D eigenvalue weighted by atomic mass is 16.5. The van der Waals surface area contributed by atoms with Crippen molar-refractivity contribution in [1.82, 2.24) is 24.8 Å². The summed E-state index contributed by atoms with van der Waals surface area (Å²) >= 11 is 0. The van der Waals surface area contributed by atoms with E-state index in [1.807, 2.05) is 48.5 Å². The summed E-state index contributed by atoms with van der Waals surface area (Å²) in [6.07, 6.45) is 5.70. The van der Waals surface area contributed by atoms with Gasteiger partial charge >= 0.3 is 12.0 Å². The van der Waals surface area contributed by atoms with Crippen molar-refractivity contribution in [1.29, 1.82) is 0 Å². The molecule has 0 aliphatic heterocycles. The molecular weight excluding hydrogens is 354 g/mol. The number of carbonyl (C=O) groups is 1. The van der Waals surface area contributed by atoms with E-state index in [1.54, 1.807) is 12.4 Å². The minimum Gasteiger partial charge on any atom is -0.468 e. The average molecular weight is 373 g/mol. The predicted octanol–water partition coefficient (Wildman–Crippen LogP) is 3.30. The fourth-order valence-electron chi connectivity index (χ4n) is 3.06.